The largest absolute Gasteiger partial charge is 0.481 e. The van der Waals surface area contributed by atoms with Crippen LogP contribution in [0.3, 0.4) is 0 Å². The van der Waals surface area contributed by atoms with Gasteiger partial charge in [0.05, 0.1) is 5.92 Å². The van der Waals surface area contributed by atoms with E-state index in [1.54, 1.807) is 4.90 Å². The van der Waals surface area contributed by atoms with Crippen molar-refractivity contribution in [2.75, 3.05) is 6.54 Å². The number of rotatable bonds is 1. The number of carbonyl (C=O) groups is 2. The highest BCUT2D eigenvalue weighted by Crippen LogP contribution is 2.48. The van der Waals surface area contributed by atoms with Crippen LogP contribution in [0.4, 0.5) is 4.79 Å². The molecule has 19 heavy (non-hydrogen) atoms. The second kappa shape index (κ2) is 4.69. The summed E-state index contributed by atoms with van der Waals surface area (Å²) < 4.78 is 5.44. The van der Waals surface area contributed by atoms with Gasteiger partial charge in [-0.25, -0.2) is 4.79 Å². The normalized spacial score (nSPS) is 30.9. The van der Waals surface area contributed by atoms with Crippen LogP contribution in [0.5, 0.6) is 0 Å². The van der Waals surface area contributed by atoms with Gasteiger partial charge in [-0.15, -0.1) is 0 Å². The molecule has 1 amide bonds. The molecule has 0 bridgehead atoms. The van der Waals surface area contributed by atoms with E-state index >= 15 is 0 Å². The summed E-state index contributed by atoms with van der Waals surface area (Å²) in [5.74, 6) is -1.05. The summed E-state index contributed by atoms with van der Waals surface area (Å²) >= 11 is 0. The van der Waals surface area contributed by atoms with Crippen LogP contribution >= 0.6 is 0 Å². The number of amides is 1. The summed E-state index contributed by atoms with van der Waals surface area (Å²) in [5, 5.41) is 9.02. The molecule has 5 heteroatoms. The molecular formula is C14H23NO4. The first-order valence-corrected chi connectivity index (χ1v) is 6.97. The van der Waals surface area contributed by atoms with E-state index in [-0.39, 0.29) is 17.6 Å². The third-order valence-electron chi connectivity index (χ3n) is 4.06. The molecule has 0 aromatic rings. The van der Waals surface area contributed by atoms with Crippen LogP contribution in [0.1, 0.15) is 52.9 Å². The number of hydrogen-bond acceptors (Lipinski definition) is 3. The van der Waals surface area contributed by atoms with Gasteiger partial charge in [0.1, 0.15) is 5.60 Å². The van der Waals surface area contributed by atoms with Crippen LogP contribution in [-0.2, 0) is 9.53 Å². The second-order valence-electron chi connectivity index (χ2n) is 6.76. The number of carboxylic acids is 1. The van der Waals surface area contributed by atoms with Crippen LogP contribution in [0.15, 0.2) is 0 Å². The summed E-state index contributed by atoms with van der Waals surface area (Å²) in [6.45, 7) is 6.23. The van der Waals surface area contributed by atoms with Gasteiger partial charge in [0.25, 0.3) is 0 Å². The standard InChI is InChI=1S/C14H23NO4/c1-13(2,3)19-12(18)15-7-5-4-6-14(15)8-10(9-14)11(16)17/h10H,4-9H2,1-3H3,(H,16,17). The molecule has 2 rings (SSSR count). The molecule has 0 atom stereocenters. The number of carboxylic acid groups (broad SMARTS) is 1. The SMILES string of the molecule is CC(C)(C)OC(=O)N1CCCCC12CC(C(=O)O)C2. The Labute approximate surface area is 113 Å². The highest BCUT2D eigenvalue weighted by atomic mass is 16.6. The minimum atomic E-state index is -0.750. The number of aliphatic carboxylic acids is 1. The van der Waals surface area contributed by atoms with Crippen molar-refractivity contribution in [3.8, 4) is 0 Å². The maximum absolute atomic E-state index is 12.3. The Kier molecular flexibility index (Phi) is 3.49. The molecule has 2 aliphatic rings. The van der Waals surface area contributed by atoms with Crippen molar-refractivity contribution in [3.05, 3.63) is 0 Å². The molecule has 1 heterocycles. The maximum atomic E-state index is 12.3. The third-order valence-corrected chi connectivity index (χ3v) is 4.06. The highest BCUT2D eigenvalue weighted by molar-refractivity contribution is 5.74. The lowest BCUT2D eigenvalue weighted by molar-refractivity contribution is -0.153. The number of piperidine rings is 1. The Morgan fingerprint density at radius 2 is 1.89 bits per heavy atom. The van der Waals surface area contributed by atoms with E-state index in [1.165, 1.54) is 0 Å². The van der Waals surface area contributed by atoms with Gasteiger partial charge < -0.3 is 14.7 Å². The lowest BCUT2D eigenvalue weighted by Gasteiger charge is -2.55. The van der Waals surface area contributed by atoms with E-state index in [0.29, 0.717) is 19.4 Å². The van der Waals surface area contributed by atoms with Crippen molar-refractivity contribution in [2.24, 2.45) is 5.92 Å². The number of nitrogens with zero attached hydrogens (tertiary/aromatic N) is 1. The van der Waals surface area contributed by atoms with Crippen molar-refractivity contribution in [2.45, 2.75) is 64.0 Å². The third kappa shape index (κ3) is 2.85. The Balaban J connectivity index is 2.06. The van der Waals surface area contributed by atoms with E-state index in [4.69, 9.17) is 9.84 Å². The molecule has 1 aliphatic carbocycles. The van der Waals surface area contributed by atoms with Crippen LogP contribution < -0.4 is 0 Å². The maximum Gasteiger partial charge on any atom is 0.410 e. The lowest BCUT2D eigenvalue weighted by atomic mass is 9.63. The average Bonchev–Trinajstić information content (AvgIpc) is 2.22. The monoisotopic (exact) mass is 269 g/mol. The van der Waals surface area contributed by atoms with Gasteiger partial charge in [-0.1, -0.05) is 0 Å². The molecular weight excluding hydrogens is 246 g/mol. The van der Waals surface area contributed by atoms with Gasteiger partial charge in [-0.2, -0.15) is 0 Å². The van der Waals surface area contributed by atoms with Crippen LogP contribution in [0, 0.1) is 5.92 Å². The van der Waals surface area contributed by atoms with Crippen molar-refractivity contribution >= 4 is 12.1 Å². The Morgan fingerprint density at radius 1 is 1.26 bits per heavy atom. The molecule has 0 aromatic carbocycles. The molecule has 1 saturated heterocycles. The molecule has 0 aromatic heterocycles. The number of ether oxygens (including phenoxy) is 1. The first-order chi connectivity index (χ1) is 8.73. The van der Waals surface area contributed by atoms with Gasteiger partial charge in [0, 0.05) is 12.1 Å². The molecule has 108 valence electrons. The second-order valence-corrected chi connectivity index (χ2v) is 6.76. The fourth-order valence-electron chi connectivity index (χ4n) is 3.15. The highest BCUT2D eigenvalue weighted by Gasteiger charge is 2.54. The molecule has 1 spiro atoms. The molecule has 1 aliphatic heterocycles. The van der Waals surface area contributed by atoms with Crippen molar-refractivity contribution < 1.29 is 19.4 Å². The zero-order valence-corrected chi connectivity index (χ0v) is 11.9. The predicted octanol–water partition coefficient (Wildman–Crippen LogP) is 2.64. The van der Waals surface area contributed by atoms with E-state index in [2.05, 4.69) is 0 Å². The first-order valence-electron chi connectivity index (χ1n) is 6.97. The molecule has 1 N–H and O–H groups in total. The number of likely N-dealkylation sites (tertiary alicyclic amines) is 1. The zero-order chi connectivity index (χ0) is 14.3. The van der Waals surface area contributed by atoms with Crippen molar-refractivity contribution in [3.63, 3.8) is 0 Å². The molecule has 0 radical (unpaired) electrons. The van der Waals surface area contributed by atoms with E-state index < -0.39 is 11.6 Å². The number of carbonyl (C=O) groups excluding carboxylic acids is 1. The Morgan fingerprint density at radius 3 is 2.42 bits per heavy atom. The Hall–Kier alpha value is -1.26. The topological polar surface area (TPSA) is 66.8 Å². The minimum absolute atomic E-state index is 0.260. The van der Waals surface area contributed by atoms with Crippen LogP contribution in [0.2, 0.25) is 0 Å². The van der Waals surface area contributed by atoms with E-state index in [1.807, 2.05) is 20.8 Å². The molecule has 0 unspecified atom stereocenters. The van der Waals surface area contributed by atoms with Gasteiger partial charge in [-0.05, 0) is 52.9 Å². The zero-order valence-electron chi connectivity index (χ0n) is 11.9. The van der Waals surface area contributed by atoms with Gasteiger partial charge in [-0.3, -0.25) is 4.79 Å². The summed E-state index contributed by atoms with van der Waals surface area (Å²) in [5.41, 5.74) is -0.769. The van der Waals surface area contributed by atoms with Gasteiger partial charge in [0.2, 0.25) is 0 Å². The molecule has 2 fully saturated rings. The van der Waals surface area contributed by atoms with Crippen molar-refractivity contribution in [1.82, 2.24) is 4.90 Å². The fraction of sp³-hybridized carbons (Fsp3) is 0.857. The molecule has 1 saturated carbocycles. The minimum Gasteiger partial charge on any atom is -0.481 e. The quantitative estimate of drug-likeness (QED) is 0.794. The fourth-order valence-corrected chi connectivity index (χ4v) is 3.15. The molecule has 5 nitrogen and oxygen atoms in total. The summed E-state index contributed by atoms with van der Waals surface area (Å²) in [7, 11) is 0. The van der Waals surface area contributed by atoms with Crippen LogP contribution in [-0.4, -0.2) is 39.8 Å². The van der Waals surface area contributed by atoms with Gasteiger partial charge >= 0.3 is 12.1 Å². The summed E-state index contributed by atoms with van der Waals surface area (Å²) in [6, 6.07) is 0. The smallest absolute Gasteiger partial charge is 0.410 e. The summed E-state index contributed by atoms with van der Waals surface area (Å²) in [4.78, 5) is 25.0. The summed E-state index contributed by atoms with van der Waals surface area (Å²) in [6.07, 6.45) is 3.78. The van der Waals surface area contributed by atoms with Crippen molar-refractivity contribution in [1.29, 1.82) is 0 Å². The Bertz CT molecular complexity index is 379. The number of hydrogen-bond donors (Lipinski definition) is 1. The van der Waals surface area contributed by atoms with E-state index in [0.717, 1.165) is 19.3 Å². The van der Waals surface area contributed by atoms with E-state index in [9.17, 15) is 9.59 Å². The van der Waals surface area contributed by atoms with Gasteiger partial charge in [0.15, 0.2) is 0 Å². The average molecular weight is 269 g/mol. The first kappa shape index (κ1) is 14.2. The predicted molar refractivity (Wildman–Crippen MR) is 69.9 cm³/mol. The van der Waals surface area contributed by atoms with Crippen LogP contribution in [0.25, 0.3) is 0 Å². The lowest BCUT2D eigenvalue weighted by Crippen LogP contribution is -2.63.